The molecule has 0 bridgehead atoms. The van der Waals surface area contributed by atoms with Gasteiger partial charge in [-0.2, -0.15) is 0 Å². The van der Waals surface area contributed by atoms with Crippen LogP contribution in [-0.2, 0) is 0 Å². The fraction of sp³-hybridized carbons (Fsp3) is 0.833. The van der Waals surface area contributed by atoms with Crippen molar-refractivity contribution in [1.29, 1.82) is 0 Å². The maximum absolute atomic E-state index is 12.3. The Bertz CT molecular complexity index is 194. The van der Waals surface area contributed by atoms with E-state index in [0.717, 1.165) is 18.5 Å². The average molecular weight is 197 g/mol. The molecule has 0 atom stereocenters. The molecule has 0 fully saturated rings. The van der Waals surface area contributed by atoms with Crippen LogP contribution in [-0.4, -0.2) is 17.7 Å². The second-order valence-corrected chi connectivity index (χ2v) is 4.17. The van der Waals surface area contributed by atoms with E-state index in [1.165, 1.54) is 25.7 Å². The predicted molar refractivity (Wildman–Crippen MR) is 60.5 cm³/mol. The van der Waals surface area contributed by atoms with E-state index in [9.17, 15) is 5.21 Å². The van der Waals surface area contributed by atoms with Crippen LogP contribution in [0.5, 0.6) is 0 Å². The standard InChI is InChI=1S/C12H23NO/c1-3-13(14,4-2)12-10-8-6-5-7-9-11-12/h10H,3-9,11H2,1-2H3/b12-10+. The third-order valence-electron chi connectivity index (χ3n) is 3.31. The molecule has 0 spiro atoms. The van der Waals surface area contributed by atoms with Crippen molar-refractivity contribution in [3.8, 4) is 0 Å². The van der Waals surface area contributed by atoms with E-state index < -0.39 is 0 Å². The van der Waals surface area contributed by atoms with Crippen molar-refractivity contribution in [3.63, 3.8) is 0 Å². The van der Waals surface area contributed by atoms with Crippen molar-refractivity contribution in [1.82, 2.24) is 0 Å². The van der Waals surface area contributed by atoms with Crippen LogP contribution < -0.4 is 0 Å². The van der Waals surface area contributed by atoms with E-state index in [-0.39, 0.29) is 4.65 Å². The SMILES string of the molecule is CC[N+]([O-])(CC)/C1=C/CCCCCC1. The molecule has 0 heterocycles. The van der Waals surface area contributed by atoms with Crippen LogP contribution in [0.1, 0.15) is 52.4 Å². The smallest absolute Gasteiger partial charge is 0.105 e. The molecule has 0 aromatic carbocycles. The maximum atomic E-state index is 12.3. The van der Waals surface area contributed by atoms with E-state index in [1.807, 2.05) is 13.8 Å². The van der Waals surface area contributed by atoms with Crippen molar-refractivity contribution >= 4 is 0 Å². The summed E-state index contributed by atoms with van der Waals surface area (Å²) in [7, 11) is 0. The lowest BCUT2D eigenvalue weighted by atomic mass is 10.0. The first-order valence-corrected chi connectivity index (χ1v) is 6.00. The monoisotopic (exact) mass is 197 g/mol. The van der Waals surface area contributed by atoms with Crippen LogP contribution in [0, 0.1) is 5.21 Å². The quantitative estimate of drug-likeness (QED) is 0.501. The highest BCUT2D eigenvalue weighted by Crippen LogP contribution is 2.25. The Kier molecular flexibility index (Phi) is 4.63. The molecule has 2 heteroatoms. The molecule has 2 nitrogen and oxygen atoms in total. The Morgan fingerprint density at radius 2 is 1.79 bits per heavy atom. The van der Waals surface area contributed by atoms with Crippen molar-refractivity contribution in [2.75, 3.05) is 13.1 Å². The minimum absolute atomic E-state index is 0.0833. The molecule has 0 unspecified atom stereocenters. The predicted octanol–water partition coefficient (Wildman–Crippen LogP) is 3.58. The largest absolute Gasteiger partial charge is 0.628 e. The molecule has 82 valence electrons. The summed E-state index contributed by atoms with van der Waals surface area (Å²) in [6.07, 6.45) is 9.43. The molecule has 14 heavy (non-hydrogen) atoms. The third kappa shape index (κ3) is 2.82. The van der Waals surface area contributed by atoms with Gasteiger partial charge in [-0.25, -0.2) is 0 Å². The molecule has 1 rings (SSSR count). The van der Waals surface area contributed by atoms with Crippen LogP contribution in [0.2, 0.25) is 0 Å². The molecule has 0 aromatic rings. The highest BCUT2D eigenvalue weighted by molar-refractivity contribution is 4.95. The van der Waals surface area contributed by atoms with Crippen molar-refractivity contribution < 1.29 is 4.65 Å². The topological polar surface area (TPSA) is 23.1 Å². The van der Waals surface area contributed by atoms with Gasteiger partial charge in [-0.3, -0.25) is 0 Å². The van der Waals surface area contributed by atoms with Crippen LogP contribution in [0.25, 0.3) is 0 Å². The first-order chi connectivity index (χ1) is 6.73. The fourth-order valence-corrected chi connectivity index (χ4v) is 2.17. The number of nitrogens with zero attached hydrogens (tertiary/aromatic N) is 1. The second kappa shape index (κ2) is 5.52. The molecular weight excluding hydrogens is 174 g/mol. The zero-order chi connectivity index (χ0) is 10.4. The van der Waals surface area contributed by atoms with Crippen LogP contribution in [0.4, 0.5) is 0 Å². The number of hydrogen-bond acceptors (Lipinski definition) is 1. The lowest BCUT2D eigenvalue weighted by Gasteiger charge is -2.42. The summed E-state index contributed by atoms with van der Waals surface area (Å²) in [6, 6.07) is 0. The van der Waals surface area contributed by atoms with Gasteiger partial charge >= 0.3 is 0 Å². The van der Waals surface area contributed by atoms with Gasteiger partial charge in [0.25, 0.3) is 0 Å². The molecule has 0 saturated carbocycles. The molecule has 0 saturated heterocycles. The fourth-order valence-electron chi connectivity index (χ4n) is 2.17. The summed E-state index contributed by atoms with van der Waals surface area (Å²) in [5, 5.41) is 12.3. The number of hydroxylamine groups is 3. The highest BCUT2D eigenvalue weighted by atomic mass is 16.5. The first-order valence-electron chi connectivity index (χ1n) is 6.00. The molecular formula is C12H23NO. The number of quaternary nitrogens is 1. The van der Waals surface area contributed by atoms with E-state index in [4.69, 9.17) is 0 Å². The van der Waals surface area contributed by atoms with Crippen LogP contribution >= 0.6 is 0 Å². The van der Waals surface area contributed by atoms with Gasteiger partial charge in [-0.15, -0.1) is 0 Å². The van der Waals surface area contributed by atoms with Gasteiger partial charge in [0.1, 0.15) is 5.70 Å². The van der Waals surface area contributed by atoms with Gasteiger partial charge in [0, 0.05) is 6.42 Å². The molecule has 1 aliphatic rings. The van der Waals surface area contributed by atoms with E-state index in [2.05, 4.69) is 6.08 Å². The van der Waals surface area contributed by atoms with Crippen molar-refractivity contribution in [2.45, 2.75) is 52.4 Å². The zero-order valence-corrected chi connectivity index (χ0v) is 9.59. The summed E-state index contributed by atoms with van der Waals surface area (Å²) in [5.41, 5.74) is 1.13. The van der Waals surface area contributed by atoms with Gasteiger partial charge in [0.15, 0.2) is 0 Å². The van der Waals surface area contributed by atoms with E-state index >= 15 is 0 Å². The van der Waals surface area contributed by atoms with Gasteiger partial charge in [-0.1, -0.05) is 12.8 Å². The number of rotatable bonds is 3. The van der Waals surface area contributed by atoms with Crippen molar-refractivity contribution in [2.24, 2.45) is 0 Å². The van der Waals surface area contributed by atoms with Gasteiger partial charge < -0.3 is 9.85 Å². The molecule has 0 N–H and O–H groups in total. The van der Waals surface area contributed by atoms with E-state index in [1.54, 1.807) is 0 Å². The van der Waals surface area contributed by atoms with Crippen molar-refractivity contribution in [3.05, 3.63) is 17.0 Å². The Morgan fingerprint density at radius 3 is 2.43 bits per heavy atom. The summed E-state index contributed by atoms with van der Waals surface area (Å²) >= 11 is 0. The second-order valence-electron chi connectivity index (χ2n) is 4.17. The molecule has 0 aliphatic heterocycles. The van der Waals surface area contributed by atoms with Crippen LogP contribution in [0.3, 0.4) is 0 Å². The lowest BCUT2D eigenvalue weighted by Crippen LogP contribution is -2.40. The van der Waals surface area contributed by atoms with Gasteiger partial charge in [0.2, 0.25) is 0 Å². The molecule has 0 radical (unpaired) electrons. The summed E-state index contributed by atoms with van der Waals surface area (Å²) in [5.74, 6) is 0. The number of allylic oxidation sites excluding steroid dienone is 2. The Morgan fingerprint density at radius 1 is 1.14 bits per heavy atom. The zero-order valence-electron chi connectivity index (χ0n) is 9.59. The van der Waals surface area contributed by atoms with E-state index in [0.29, 0.717) is 13.1 Å². The summed E-state index contributed by atoms with van der Waals surface area (Å²) in [6.45, 7) is 5.36. The summed E-state index contributed by atoms with van der Waals surface area (Å²) in [4.78, 5) is 0. The molecule has 1 aliphatic carbocycles. The highest BCUT2D eigenvalue weighted by Gasteiger charge is 2.19. The minimum Gasteiger partial charge on any atom is -0.628 e. The Labute approximate surface area is 87.8 Å². The van der Waals surface area contributed by atoms with Gasteiger partial charge in [-0.05, 0) is 39.2 Å². The number of hydrogen-bond donors (Lipinski definition) is 0. The first kappa shape index (κ1) is 11.7. The normalized spacial score (nSPS) is 23.5. The lowest BCUT2D eigenvalue weighted by molar-refractivity contribution is -0.840. The molecule has 0 amide bonds. The minimum atomic E-state index is -0.0833. The Hall–Kier alpha value is -0.340. The van der Waals surface area contributed by atoms with Crippen LogP contribution in [0.15, 0.2) is 11.8 Å². The maximum Gasteiger partial charge on any atom is 0.105 e. The van der Waals surface area contributed by atoms with Gasteiger partial charge in [0.05, 0.1) is 13.1 Å². The molecule has 0 aromatic heterocycles. The summed E-state index contributed by atoms with van der Waals surface area (Å²) < 4.78 is -0.0833. The Balaban J connectivity index is 2.70. The average Bonchev–Trinajstić information content (AvgIpc) is 2.16. The third-order valence-corrected chi connectivity index (χ3v) is 3.31.